The van der Waals surface area contributed by atoms with Crippen LogP contribution in [0.15, 0.2) is 36.5 Å². The number of anilines is 1. The molecule has 1 aliphatic heterocycles. The Morgan fingerprint density at radius 3 is 2.62 bits per heavy atom. The van der Waals surface area contributed by atoms with E-state index in [1.54, 1.807) is 23.1 Å². The van der Waals surface area contributed by atoms with Gasteiger partial charge in [-0.2, -0.15) is 0 Å². The van der Waals surface area contributed by atoms with E-state index in [1.165, 1.54) is 12.1 Å². The molecule has 2 N–H and O–H groups in total. The van der Waals surface area contributed by atoms with Gasteiger partial charge in [0, 0.05) is 22.6 Å². The van der Waals surface area contributed by atoms with Crippen molar-refractivity contribution in [3.8, 4) is 5.75 Å². The Kier molecular flexibility index (Phi) is 5.64. The Balaban J connectivity index is 1.60. The molecule has 0 aliphatic carbocycles. The molecule has 168 valence electrons. The van der Waals surface area contributed by atoms with Crippen LogP contribution in [0.5, 0.6) is 5.75 Å². The molecule has 7 nitrogen and oxygen atoms in total. The highest BCUT2D eigenvalue weighted by molar-refractivity contribution is 5.99. The van der Waals surface area contributed by atoms with Crippen LogP contribution in [0, 0.1) is 0 Å². The van der Waals surface area contributed by atoms with Gasteiger partial charge in [-0.25, -0.2) is 4.98 Å². The van der Waals surface area contributed by atoms with Gasteiger partial charge in [0.25, 0.3) is 5.91 Å². The van der Waals surface area contributed by atoms with E-state index in [0.717, 1.165) is 22.7 Å². The van der Waals surface area contributed by atoms with Crippen LogP contribution in [-0.2, 0) is 24.5 Å². The van der Waals surface area contributed by atoms with Crippen LogP contribution in [0.25, 0.3) is 10.9 Å². The molecule has 0 saturated heterocycles. The Morgan fingerprint density at radius 2 is 1.97 bits per heavy atom. The molecule has 1 aromatic carbocycles. The fourth-order valence-corrected chi connectivity index (χ4v) is 3.63. The third kappa shape index (κ3) is 4.45. The number of hydrogen-bond donors (Lipinski definition) is 1. The maximum atomic E-state index is 13.3. The number of nitrogen functional groups attached to an aromatic ring is 1. The van der Waals surface area contributed by atoms with Crippen molar-refractivity contribution in [2.24, 2.45) is 0 Å². The van der Waals surface area contributed by atoms with E-state index >= 15 is 0 Å². The molecule has 0 fully saturated rings. The summed E-state index contributed by atoms with van der Waals surface area (Å²) in [7, 11) is 0. The number of amides is 1. The van der Waals surface area contributed by atoms with Crippen LogP contribution in [-0.4, -0.2) is 33.2 Å². The van der Waals surface area contributed by atoms with Crippen LogP contribution in [0.1, 0.15) is 41.0 Å². The summed E-state index contributed by atoms with van der Waals surface area (Å²) in [6.07, 6.45) is -3.80. The number of ether oxygens (including phenoxy) is 2. The molecule has 2 aromatic heterocycles. The number of aromatic nitrogens is 2. The summed E-state index contributed by atoms with van der Waals surface area (Å²) in [6.45, 7) is 4.63. The monoisotopic (exact) mass is 446 g/mol. The number of rotatable bonds is 5. The van der Waals surface area contributed by atoms with Crippen molar-refractivity contribution in [3.63, 3.8) is 0 Å². The highest BCUT2D eigenvalue weighted by Crippen LogP contribution is 2.32. The summed E-state index contributed by atoms with van der Waals surface area (Å²) in [4.78, 5) is 23.3. The number of nitrogens with zero attached hydrogens (tertiary/aromatic N) is 3. The second kappa shape index (κ2) is 8.27. The summed E-state index contributed by atoms with van der Waals surface area (Å²) in [6, 6.07) is 7.61. The van der Waals surface area contributed by atoms with E-state index < -0.39 is 12.1 Å². The standard InChI is InChI=1S/C22H21F3N4O3/c1-12(2)29(9-14-4-5-15(8-27-14)32-22(23,24)25)21(30)13-3-6-19-16(7-13)17-10-31-11-18(17)20(26)28-19/h3-8,12H,9-11H2,1-2H3,(H2,26,28). The number of nitrogens with two attached hydrogens (primary N) is 1. The predicted octanol–water partition coefficient (Wildman–Crippen LogP) is 4.19. The van der Waals surface area contributed by atoms with Gasteiger partial charge >= 0.3 is 6.36 Å². The maximum Gasteiger partial charge on any atom is 0.573 e. The minimum absolute atomic E-state index is 0.127. The molecule has 3 heterocycles. The van der Waals surface area contributed by atoms with E-state index in [4.69, 9.17) is 10.5 Å². The molecule has 0 radical (unpaired) electrons. The van der Waals surface area contributed by atoms with Gasteiger partial charge in [0.1, 0.15) is 11.6 Å². The van der Waals surface area contributed by atoms with Gasteiger partial charge in [-0.05, 0) is 49.7 Å². The summed E-state index contributed by atoms with van der Waals surface area (Å²) in [5.74, 6) is -0.221. The van der Waals surface area contributed by atoms with Crippen molar-refractivity contribution in [1.82, 2.24) is 14.9 Å². The Bertz CT molecular complexity index is 1160. The van der Waals surface area contributed by atoms with Crippen LogP contribution < -0.4 is 10.5 Å². The third-order valence-electron chi connectivity index (χ3n) is 5.22. The average Bonchev–Trinajstić information content (AvgIpc) is 3.22. The van der Waals surface area contributed by atoms with Crippen molar-refractivity contribution < 1.29 is 27.4 Å². The number of halogens is 3. The van der Waals surface area contributed by atoms with Crippen LogP contribution in [0.4, 0.5) is 19.0 Å². The van der Waals surface area contributed by atoms with Crippen molar-refractivity contribution in [2.45, 2.75) is 46.0 Å². The second-order valence-corrected chi connectivity index (χ2v) is 7.74. The van der Waals surface area contributed by atoms with E-state index in [0.29, 0.717) is 35.8 Å². The van der Waals surface area contributed by atoms with Crippen molar-refractivity contribution >= 4 is 22.6 Å². The molecule has 0 spiro atoms. The van der Waals surface area contributed by atoms with Crippen LogP contribution >= 0.6 is 0 Å². The number of carbonyl (C=O) groups is 1. The van der Waals surface area contributed by atoms with Gasteiger partial charge < -0.3 is 20.1 Å². The zero-order chi connectivity index (χ0) is 23.0. The van der Waals surface area contributed by atoms with Gasteiger partial charge in [-0.3, -0.25) is 9.78 Å². The largest absolute Gasteiger partial charge is 0.573 e. The number of alkyl halides is 3. The lowest BCUT2D eigenvalue weighted by molar-refractivity contribution is -0.274. The average molecular weight is 446 g/mol. The normalized spacial score (nSPS) is 13.4. The topological polar surface area (TPSA) is 90.6 Å². The van der Waals surface area contributed by atoms with Gasteiger partial charge in [0.15, 0.2) is 0 Å². The second-order valence-electron chi connectivity index (χ2n) is 7.74. The summed E-state index contributed by atoms with van der Waals surface area (Å²) in [5, 5.41) is 0.813. The van der Waals surface area contributed by atoms with Crippen LogP contribution in [0.3, 0.4) is 0 Å². The zero-order valence-electron chi connectivity index (χ0n) is 17.4. The first-order chi connectivity index (χ1) is 15.1. The maximum absolute atomic E-state index is 13.3. The molecule has 3 aromatic rings. The van der Waals surface area contributed by atoms with Crippen LogP contribution in [0.2, 0.25) is 0 Å². The Morgan fingerprint density at radius 1 is 1.22 bits per heavy atom. The lowest BCUT2D eigenvalue weighted by Gasteiger charge is -2.27. The van der Waals surface area contributed by atoms with Gasteiger partial charge in [0.05, 0.1) is 37.2 Å². The smallest absolute Gasteiger partial charge is 0.404 e. The van der Waals surface area contributed by atoms with E-state index in [2.05, 4.69) is 14.7 Å². The SMILES string of the molecule is CC(C)N(Cc1ccc(OC(F)(F)F)cn1)C(=O)c1ccc2nc(N)c3c(c2c1)COC3. The molecule has 10 heteroatoms. The predicted molar refractivity (Wildman–Crippen MR) is 111 cm³/mol. The molecular formula is C22H21F3N4O3. The number of hydrogen-bond acceptors (Lipinski definition) is 6. The highest BCUT2D eigenvalue weighted by Gasteiger charge is 2.31. The van der Waals surface area contributed by atoms with Gasteiger partial charge in [0.2, 0.25) is 0 Å². The zero-order valence-corrected chi connectivity index (χ0v) is 17.4. The Labute approximate surface area is 182 Å². The first kappa shape index (κ1) is 21.8. The van der Waals surface area contributed by atoms with Crippen molar-refractivity contribution in [1.29, 1.82) is 0 Å². The number of carbonyl (C=O) groups excluding carboxylic acids is 1. The summed E-state index contributed by atoms with van der Waals surface area (Å²) >= 11 is 0. The lowest BCUT2D eigenvalue weighted by Crippen LogP contribution is -2.36. The van der Waals surface area contributed by atoms with Crippen molar-refractivity contribution in [2.75, 3.05) is 5.73 Å². The molecule has 32 heavy (non-hydrogen) atoms. The number of benzene rings is 1. The lowest BCUT2D eigenvalue weighted by atomic mass is 10.0. The number of pyridine rings is 2. The third-order valence-corrected chi connectivity index (χ3v) is 5.22. The summed E-state index contributed by atoms with van der Waals surface area (Å²) in [5.41, 5.74) is 9.36. The highest BCUT2D eigenvalue weighted by atomic mass is 19.4. The molecule has 4 rings (SSSR count). The van der Waals surface area contributed by atoms with Gasteiger partial charge in [-0.15, -0.1) is 13.2 Å². The molecule has 1 aliphatic rings. The Hall–Kier alpha value is -3.40. The molecular weight excluding hydrogens is 425 g/mol. The molecule has 0 bridgehead atoms. The fraction of sp³-hybridized carbons (Fsp3) is 0.318. The quantitative estimate of drug-likeness (QED) is 0.632. The van der Waals surface area contributed by atoms with E-state index in [1.807, 2.05) is 13.8 Å². The first-order valence-corrected chi connectivity index (χ1v) is 9.93. The fourth-order valence-electron chi connectivity index (χ4n) is 3.63. The molecule has 0 atom stereocenters. The summed E-state index contributed by atoms with van der Waals surface area (Å²) < 4.78 is 46.4. The molecule has 0 unspecified atom stereocenters. The minimum Gasteiger partial charge on any atom is -0.404 e. The van der Waals surface area contributed by atoms with E-state index in [-0.39, 0.29) is 18.5 Å². The molecule has 0 saturated carbocycles. The van der Waals surface area contributed by atoms with Crippen molar-refractivity contribution in [3.05, 3.63) is 58.9 Å². The number of fused-ring (bicyclic) bond motifs is 3. The van der Waals surface area contributed by atoms with E-state index in [9.17, 15) is 18.0 Å². The first-order valence-electron chi connectivity index (χ1n) is 9.93. The van der Waals surface area contributed by atoms with Gasteiger partial charge in [-0.1, -0.05) is 0 Å². The minimum atomic E-state index is -4.79. The molecule has 1 amide bonds.